The van der Waals surface area contributed by atoms with Gasteiger partial charge in [0.2, 0.25) is 5.91 Å². The number of ether oxygens (including phenoxy) is 1. The molecule has 0 saturated carbocycles. The molecular weight excluding hydrogens is 383 g/mol. The summed E-state index contributed by atoms with van der Waals surface area (Å²) >= 11 is 0. The maximum Gasteiger partial charge on any atom is 0.222 e. The highest BCUT2D eigenvalue weighted by atomic mass is 127. The number of carbonyl (C=O) groups excluding carboxylic acids is 1. The highest BCUT2D eigenvalue weighted by Gasteiger charge is 2.16. The average molecular weight is 410 g/mol. The van der Waals surface area contributed by atoms with Crippen LogP contribution in [0.3, 0.4) is 0 Å². The van der Waals surface area contributed by atoms with Gasteiger partial charge < -0.3 is 20.3 Å². The van der Waals surface area contributed by atoms with Crippen LogP contribution in [0.4, 0.5) is 0 Å². The molecule has 0 atom stereocenters. The number of morpholine rings is 1. The van der Waals surface area contributed by atoms with Crippen molar-refractivity contribution in [3.8, 4) is 0 Å². The third-order valence-corrected chi connectivity index (χ3v) is 3.87. The summed E-state index contributed by atoms with van der Waals surface area (Å²) < 4.78 is 5.28. The van der Waals surface area contributed by atoms with Crippen LogP contribution < -0.4 is 5.73 Å². The lowest BCUT2D eigenvalue weighted by Gasteiger charge is -2.27. The first-order valence-corrected chi connectivity index (χ1v) is 7.68. The Morgan fingerprint density at radius 3 is 2.71 bits per heavy atom. The number of guanidine groups is 1. The van der Waals surface area contributed by atoms with Gasteiger partial charge in [0.1, 0.15) is 0 Å². The number of likely N-dealkylation sites (tertiary alicyclic amines) is 1. The summed E-state index contributed by atoms with van der Waals surface area (Å²) in [7, 11) is 0. The van der Waals surface area contributed by atoms with Gasteiger partial charge >= 0.3 is 0 Å². The van der Waals surface area contributed by atoms with Gasteiger partial charge in [0, 0.05) is 39.1 Å². The molecule has 122 valence electrons. The van der Waals surface area contributed by atoms with Crippen LogP contribution in [-0.2, 0) is 9.53 Å². The van der Waals surface area contributed by atoms with E-state index < -0.39 is 0 Å². The minimum absolute atomic E-state index is 0. The second kappa shape index (κ2) is 10.2. The molecule has 2 saturated heterocycles. The summed E-state index contributed by atoms with van der Waals surface area (Å²) in [6.45, 7) is 5.48. The van der Waals surface area contributed by atoms with Gasteiger partial charge in [0.05, 0.1) is 13.2 Å². The van der Waals surface area contributed by atoms with Crippen molar-refractivity contribution >= 4 is 35.8 Å². The monoisotopic (exact) mass is 410 g/mol. The third kappa shape index (κ3) is 6.37. The molecule has 0 bridgehead atoms. The molecular formula is C14H27IN4O2. The van der Waals surface area contributed by atoms with E-state index in [1.165, 1.54) is 6.42 Å². The van der Waals surface area contributed by atoms with Crippen LogP contribution in [0.5, 0.6) is 0 Å². The quantitative estimate of drug-likeness (QED) is 0.326. The summed E-state index contributed by atoms with van der Waals surface area (Å²) in [5, 5.41) is 0. The average Bonchev–Trinajstić information content (AvgIpc) is 2.69. The number of amides is 1. The standard InChI is InChI=1S/C14H26N4O2.HI/c15-14(18-9-11-20-12-10-18)16-6-4-8-17-7-3-1-2-5-13(17)19;/h1-12H2,(H2,15,16);1H. The van der Waals surface area contributed by atoms with Crippen LogP contribution in [-0.4, -0.2) is 67.6 Å². The third-order valence-electron chi connectivity index (χ3n) is 3.87. The van der Waals surface area contributed by atoms with E-state index in [0.717, 1.165) is 58.7 Å². The summed E-state index contributed by atoms with van der Waals surface area (Å²) in [6, 6.07) is 0. The molecule has 0 radical (unpaired) electrons. The van der Waals surface area contributed by atoms with Gasteiger partial charge in [-0.1, -0.05) is 6.42 Å². The zero-order valence-corrected chi connectivity index (χ0v) is 15.0. The van der Waals surface area contributed by atoms with Crippen LogP contribution in [0, 0.1) is 0 Å². The minimum Gasteiger partial charge on any atom is -0.378 e. The Hall–Kier alpha value is -0.570. The second-order valence-electron chi connectivity index (χ2n) is 5.38. The molecule has 0 aromatic rings. The number of nitrogens with two attached hydrogens (primary N) is 1. The van der Waals surface area contributed by atoms with Crippen LogP contribution in [0.2, 0.25) is 0 Å². The van der Waals surface area contributed by atoms with Gasteiger partial charge in [-0.25, -0.2) is 0 Å². The maximum absolute atomic E-state index is 11.8. The molecule has 2 rings (SSSR count). The van der Waals surface area contributed by atoms with E-state index in [1.54, 1.807) is 0 Å². The number of halogens is 1. The normalized spacial score (nSPS) is 21.0. The highest BCUT2D eigenvalue weighted by molar-refractivity contribution is 14.0. The fraction of sp³-hybridized carbons (Fsp3) is 0.857. The van der Waals surface area contributed by atoms with Crippen molar-refractivity contribution in [3.05, 3.63) is 0 Å². The van der Waals surface area contributed by atoms with Crippen molar-refractivity contribution in [1.82, 2.24) is 9.80 Å². The maximum atomic E-state index is 11.8. The van der Waals surface area contributed by atoms with Gasteiger partial charge in [-0.2, -0.15) is 0 Å². The molecule has 0 aliphatic carbocycles. The molecule has 2 heterocycles. The molecule has 0 spiro atoms. The molecule has 0 aromatic carbocycles. The molecule has 1 amide bonds. The van der Waals surface area contributed by atoms with Crippen LogP contribution in [0.25, 0.3) is 0 Å². The van der Waals surface area contributed by atoms with Crippen molar-refractivity contribution in [2.24, 2.45) is 10.7 Å². The zero-order valence-electron chi connectivity index (χ0n) is 12.6. The summed E-state index contributed by atoms with van der Waals surface area (Å²) in [5.41, 5.74) is 5.96. The summed E-state index contributed by atoms with van der Waals surface area (Å²) in [5.74, 6) is 0.906. The molecule has 2 aliphatic heterocycles. The Balaban J connectivity index is 0.00000220. The fourth-order valence-electron chi connectivity index (χ4n) is 2.62. The SMILES string of the molecule is I.NC(=NCCCN1CCCCCC1=O)N1CCOCC1. The van der Waals surface area contributed by atoms with Crippen molar-refractivity contribution in [2.75, 3.05) is 45.9 Å². The molecule has 7 heteroatoms. The first kappa shape index (κ1) is 18.5. The zero-order chi connectivity index (χ0) is 14.2. The first-order chi connectivity index (χ1) is 9.77. The van der Waals surface area contributed by atoms with Crippen LogP contribution in [0.1, 0.15) is 32.1 Å². The van der Waals surface area contributed by atoms with Crippen LogP contribution >= 0.6 is 24.0 Å². The molecule has 6 nitrogen and oxygen atoms in total. The lowest BCUT2D eigenvalue weighted by Crippen LogP contribution is -2.44. The van der Waals surface area contributed by atoms with Crippen molar-refractivity contribution in [1.29, 1.82) is 0 Å². The Labute approximate surface area is 144 Å². The number of carbonyl (C=O) groups is 1. The predicted octanol–water partition coefficient (Wildman–Crippen LogP) is 1.04. The number of nitrogens with zero attached hydrogens (tertiary/aromatic N) is 3. The van der Waals surface area contributed by atoms with Gasteiger partial charge in [0.25, 0.3) is 0 Å². The van der Waals surface area contributed by atoms with Gasteiger partial charge in [0.15, 0.2) is 5.96 Å². The molecule has 2 fully saturated rings. The van der Waals surface area contributed by atoms with E-state index >= 15 is 0 Å². The van der Waals surface area contributed by atoms with Gasteiger partial charge in [-0.3, -0.25) is 9.79 Å². The van der Waals surface area contributed by atoms with Gasteiger partial charge in [-0.05, 0) is 19.3 Å². The smallest absolute Gasteiger partial charge is 0.222 e. The number of hydrogen-bond acceptors (Lipinski definition) is 3. The first-order valence-electron chi connectivity index (χ1n) is 7.68. The van der Waals surface area contributed by atoms with E-state index in [4.69, 9.17) is 10.5 Å². The number of hydrogen-bond donors (Lipinski definition) is 1. The highest BCUT2D eigenvalue weighted by Crippen LogP contribution is 2.11. The molecule has 21 heavy (non-hydrogen) atoms. The fourth-order valence-corrected chi connectivity index (χ4v) is 2.62. The minimum atomic E-state index is 0. The van der Waals surface area contributed by atoms with Crippen molar-refractivity contribution in [2.45, 2.75) is 32.1 Å². The lowest BCUT2D eigenvalue weighted by molar-refractivity contribution is -0.130. The molecule has 2 aliphatic rings. The molecule has 0 aromatic heterocycles. The Morgan fingerprint density at radius 1 is 1.19 bits per heavy atom. The number of rotatable bonds is 4. The van der Waals surface area contributed by atoms with Gasteiger partial charge in [-0.15, -0.1) is 24.0 Å². The Morgan fingerprint density at radius 2 is 1.95 bits per heavy atom. The largest absolute Gasteiger partial charge is 0.378 e. The Kier molecular flexibility index (Phi) is 8.98. The van der Waals surface area contributed by atoms with E-state index in [2.05, 4.69) is 9.89 Å². The lowest BCUT2D eigenvalue weighted by atomic mass is 10.2. The van der Waals surface area contributed by atoms with Crippen LogP contribution in [0.15, 0.2) is 4.99 Å². The topological polar surface area (TPSA) is 71.2 Å². The number of aliphatic imine (C=N–C) groups is 1. The summed E-state index contributed by atoms with van der Waals surface area (Å²) in [4.78, 5) is 20.3. The van der Waals surface area contributed by atoms with E-state index in [0.29, 0.717) is 24.8 Å². The molecule has 2 N–H and O–H groups in total. The second-order valence-corrected chi connectivity index (χ2v) is 5.38. The summed E-state index contributed by atoms with van der Waals surface area (Å²) in [6.07, 6.45) is 4.93. The van der Waals surface area contributed by atoms with Crippen molar-refractivity contribution in [3.63, 3.8) is 0 Å². The Bertz CT molecular complexity index is 346. The molecule has 0 unspecified atom stereocenters. The van der Waals surface area contributed by atoms with Crippen molar-refractivity contribution < 1.29 is 9.53 Å². The van der Waals surface area contributed by atoms with E-state index in [1.807, 2.05) is 4.90 Å². The van der Waals surface area contributed by atoms with E-state index in [-0.39, 0.29) is 24.0 Å². The predicted molar refractivity (Wildman–Crippen MR) is 94.0 cm³/mol. The van der Waals surface area contributed by atoms with E-state index in [9.17, 15) is 4.79 Å².